The highest BCUT2D eigenvalue weighted by atomic mass is 35.5. The van der Waals surface area contributed by atoms with Crippen molar-refractivity contribution in [2.45, 2.75) is 0 Å². The van der Waals surface area contributed by atoms with Gasteiger partial charge in [0.1, 0.15) is 0 Å². The van der Waals surface area contributed by atoms with Crippen LogP contribution < -0.4 is 4.74 Å². The average Bonchev–Trinajstić information content (AvgIpc) is 2.88. The van der Waals surface area contributed by atoms with Gasteiger partial charge in [0.15, 0.2) is 5.75 Å². The Morgan fingerprint density at radius 1 is 1.35 bits per heavy atom. The summed E-state index contributed by atoms with van der Waals surface area (Å²) >= 11 is 13.4. The van der Waals surface area contributed by atoms with Crippen molar-refractivity contribution >= 4 is 52.2 Å². The molecule has 0 aliphatic heterocycles. The van der Waals surface area contributed by atoms with Crippen LogP contribution in [0.1, 0.15) is 10.4 Å². The molecule has 1 heterocycles. The first-order valence-corrected chi connectivity index (χ1v) is 7.18. The van der Waals surface area contributed by atoms with Gasteiger partial charge in [-0.1, -0.05) is 29.3 Å². The maximum absolute atomic E-state index is 11.3. The second-order valence-corrected chi connectivity index (χ2v) is 5.62. The van der Waals surface area contributed by atoms with Crippen LogP contribution in [0.25, 0.3) is 11.6 Å². The van der Waals surface area contributed by atoms with E-state index in [-0.39, 0.29) is 5.57 Å². The highest BCUT2D eigenvalue weighted by Gasteiger charge is 2.13. The maximum Gasteiger partial charge on any atom is 0.337 e. The second-order valence-electron chi connectivity index (χ2n) is 3.86. The van der Waals surface area contributed by atoms with E-state index in [4.69, 9.17) is 27.9 Å². The van der Waals surface area contributed by atoms with Crippen molar-refractivity contribution in [2.24, 2.45) is 0 Å². The van der Waals surface area contributed by atoms with E-state index >= 15 is 0 Å². The van der Waals surface area contributed by atoms with E-state index in [9.17, 15) is 9.90 Å². The molecule has 6 heteroatoms. The van der Waals surface area contributed by atoms with Crippen LogP contribution >= 0.6 is 34.5 Å². The van der Waals surface area contributed by atoms with E-state index in [2.05, 4.69) is 0 Å². The van der Waals surface area contributed by atoms with E-state index in [0.29, 0.717) is 26.2 Å². The number of ether oxygens (including phenoxy) is 1. The van der Waals surface area contributed by atoms with Crippen LogP contribution in [0.3, 0.4) is 0 Å². The van der Waals surface area contributed by atoms with Gasteiger partial charge in [0.25, 0.3) is 0 Å². The molecule has 0 amide bonds. The third-order valence-corrected chi connectivity index (χ3v) is 4.02. The number of carboxylic acids is 1. The van der Waals surface area contributed by atoms with E-state index < -0.39 is 5.97 Å². The molecule has 0 saturated heterocycles. The Bertz CT molecular complexity index is 640. The lowest BCUT2D eigenvalue weighted by atomic mass is 10.1. The molecule has 20 heavy (non-hydrogen) atoms. The third kappa shape index (κ3) is 3.15. The molecule has 0 bridgehead atoms. The van der Waals surface area contributed by atoms with Crippen molar-refractivity contribution in [1.29, 1.82) is 0 Å². The Morgan fingerprint density at radius 3 is 2.45 bits per heavy atom. The Labute approximate surface area is 130 Å². The molecular formula is C14H10Cl2O3S. The molecule has 104 valence electrons. The van der Waals surface area contributed by atoms with Crippen LogP contribution in [0.15, 0.2) is 29.6 Å². The summed E-state index contributed by atoms with van der Waals surface area (Å²) in [5.74, 6) is -0.631. The van der Waals surface area contributed by atoms with E-state index in [1.54, 1.807) is 24.3 Å². The predicted molar refractivity (Wildman–Crippen MR) is 82.8 cm³/mol. The summed E-state index contributed by atoms with van der Waals surface area (Å²) in [5.41, 5.74) is 0.795. The smallest absolute Gasteiger partial charge is 0.337 e. The van der Waals surface area contributed by atoms with Gasteiger partial charge in [0.05, 0.1) is 22.7 Å². The minimum absolute atomic E-state index is 0.192. The average molecular weight is 329 g/mol. The number of halogens is 2. The Balaban J connectivity index is 2.50. The van der Waals surface area contributed by atoms with Gasteiger partial charge >= 0.3 is 5.97 Å². The van der Waals surface area contributed by atoms with E-state index in [0.717, 1.165) is 0 Å². The van der Waals surface area contributed by atoms with E-state index in [1.807, 2.05) is 5.38 Å². The molecule has 1 N–H and O–H groups in total. The van der Waals surface area contributed by atoms with Crippen LogP contribution in [0.2, 0.25) is 10.0 Å². The minimum atomic E-state index is -1.00. The summed E-state index contributed by atoms with van der Waals surface area (Å²) < 4.78 is 5.06. The number of hydrogen-bond donors (Lipinski definition) is 1. The molecule has 2 rings (SSSR count). The molecule has 3 nitrogen and oxygen atoms in total. The molecule has 0 fully saturated rings. The lowest BCUT2D eigenvalue weighted by Crippen LogP contribution is -1.97. The minimum Gasteiger partial charge on any atom is -0.494 e. The zero-order valence-corrected chi connectivity index (χ0v) is 12.7. The summed E-state index contributed by atoms with van der Waals surface area (Å²) in [6.45, 7) is 0. The molecule has 1 aromatic heterocycles. The molecule has 0 aliphatic rings. The monoisotopic (exact) mass is 328 g/mol. The lowest BCUT2D eigenvalue weighted by Gasteiger charge is -2.07. The van der Waals surface area contributed by atoms with E-state index in [1.165, 1.54) is 24.5 Å². The molecule has 0 unspecified atom stereocenters. The van der Waals surface area contributed by atoms with Crippen LogP contribution in [0.4, 0.5) is 0 Å². The van der Waals surface area contributed by atoms with Crippen LogP contribution in [0, 0.1) is 0 Å². The van der Waals surface area contributed by atoms with Crippen LogP contribution in [0.5, 0.6) is 5.75 Å². The summed E-state index contributed by atoms with van der Waals surface area (Å²) in [5, 5.41) is 11.8. The molecule has 1 aromatic carbocycles. The van der Waals surface area contributed by atoms with Crippen LogP contribution in [-0.4, -0.2) is 18.2 Å². The first-order chi connectivity index (χ1) is 9.52. The molecule has 2 aromatic rings. The topological polar surface area (TPSA) is 46.5 Å². The third-order valence-electron chi connectivity index (χ3n) is 2.55. The fourth-order valence-electron chi connectivity index (χ4n) is 1.69. The summed E-state index contributed by atoms with van der Waals surface area (Å²) in [6, 6.07) is 6.77. The molecule has 0 radical (unpaired) electrons. The van der Waals surface area contributed by atoms with Crippen molar-refractivity contribution in [3.8, 4) is 5.75 Å². The van der Waals surface area contributed by atoms with Gasteiger partial charge in [0.2, 0.25) is 0 Å². The number of carbonyl (C=O) groups is 1. The fraction of sp³-hybridized carbons (Fsp3) is 0.0714. The van der Waals surface area contributed by atoms with Gasteiger partial charge in [0, 0.05) is 4.88 Å². The maximum atomic E-state index is 11.3. The highest BCUT2D eigenvalue weighted by Crippen LogP contribution is 2.35. The standard InChI is InChI=1S/C14H10Cl2O3S/c1-19-13-10(15)6-8(7-11(13)16)5-9(14(17)18)12-3-2-4-20-12/h2-7H,1H3,(H,17,18)/b9-5-. The van der Waals surface area contributed by atoms with Crippen molar-refractivity contribution < 1.29 is 14.6 Å². The van der Waals surface area contributed by atoms with Crippen molar-refractivity contribution in [3.63, 3.8) is 0 Å². The van der Waals surface area contributed by atoms with Crippen molar-refractivity contribution in [3.05, 3.63) is 50.1 Å². The zero-order chi connectivity index (χ0) is 14.7. The number of methoxy groups -OCH3 is 1. The predicted octanol–water partition coefficient (Wildman–Crippen LogP) is 4.69. The van der Waals surface area contributed by atoms with Crippen molar-refractivity contribution in [2.75, 3.05) is 7.11 Å². The fourth-order valence-corrected chi connectivity index (χ4v) is 3.09. The highest BCUT2D eigenvalue weighted by molar-refractivity contribution is 7.11. The largest absolute Gasteiger partial charge is 0.494 e. The number of rotatable bonds is 4. The molecule has 0 spiro atoms. The number of aliphatic carboxylic acids is 1. The Morgan fingerprint density at radius 2 is 2.00 bits per heavy atom. The Hall–Kier alpha value is -1.49. The first-order valence-electron chi connectivity index (χ1n) is 5.55. The molecule has 0 saturated carbocycles. The molecular weight excluding hydrogens is 319 g/mol. The number of benzene rings is 1. The number of hydrogen-bond acceptors (Lipinski definition) is 3. The van der Waals surface area contributed by atoms with Gasteiger partial charge in [-0.05, 0) is 35.2 Å². The van der Waals surface area contributed by atoms with Gasteiger partial charge in [-0.3, -0.25) is 0 Å². The van der Waals surface area contributed by atoms with Gasteiger partial charge in [-0.25, -0.2) is 4.79 Å². The molecule has 0 aliphatic carbocycles. The summed E-state index contributed by atoms with van der Waals surface area (Å²) in [4.78, 5) is 12.0. The second kappa shape index (κ2) is 6.31. The van der Waals surface area contributed by atoms with Gasteiger partial charge in [-0.2, -0.15) is 0 Å². The first kappa shape index (κ1) is 14.9. The van der Waals surface area contributed by atoms with Crippen LogP contribution in [-0.2, 0) is 4.79 Å². The quantitative estimate of drug-likeness (QED) is 0.828. The summed E-state index contributed by atoms with van der Waals surface area (Å²) in [7, 11) is 1.47. The SMILES string of the molecule is COc1c(Cl)cc(/C=C(\C(=O)O)c2cccs2)cc1Cl. The lowest BCUT2D eigenvalue weighted by molar-refractivity contribution is -0.130. The molecule has 0 atom stereocenters. The Kier molecular flexibility index (Phi) is 4.70. The summed E-state index contributed by atoms with van der Waals surface area (Å²) in [6.07, 6.45) is 1.53. The van der Waals surface area contributed by atoms with Gasteiger partial charge < -0.3 is 9.84 Å². The normalized spacial score (nSPS) is 11.4. The van der Waals surface area contributed by atoms with Crippen molar-refractivity contribution in [1.82, 2.24) is 0 Å². The number of thiophene rings is 1. The zero-order valence-electron chi connectivity index (χ0n) is 10.4. The number of carboxylic acid groups (broad SMARTS) is 1. The van der Waals surface area contributed by atoms with Gasteiger partial charge in [-0.15, -0.1) is 11.3 Å².